The highest BCUT2D eigenvalue weighted by Gasteiger charge is 2.27. The third-order valence-electron chi connectivity index (χ3n) is 3.33. The molecule has 100 valence electrons. The molecule has 1 heterocycles. The summed E-state index contributed by atoms with van der Waals surface area (Å²) in [4.78, 5) is 0. The number of hydrogen-bond acceptors (Lipinski definition) is 4. The summed E-state index contributed by atoms with van der Waals surface area (Å²) < 4.78 is 29.5. The van der Waals surface area contributed by atoms with E-state index in [0.29, 0.717) is 30.3 Å². The van der Waals surface area contributed by atoms with E-state index in [9.17, 15) is 4.39 Å². The number of hydrogen-bond donors (Lipinski definition) is 1. The molecule has 1 aliphatic heterocycles. The van der Waals surface area contributed by atoms with Crippen LogP contribution in [-0.4, -0.2) is 27.4 Å². The van der Waals surface area contributed by atoms with Gasteiger partial charge in [-0.25, -0.2) is 4.39 Å². The van der Waals surface area contributed by atoms with Gasteiger partial charge in [0, 0.05) is 30.2 Å². The fourth-order valence-electron chi connectivity index (χ4n) is 2.22. The van der Waals surface area contributed by atoms with Crippen LogP contribution in [0.15, 0.2) is 12.1 Å². The first-order chi connectivity index (χ1) is 8.67. The van der Waals surface area contributed by atoms with Crippen LogP contribution in [0, 0.1) is 11.7 Å². The van der Waals surface area contributed by atoms with Gasteiger partial charge in [-0.15, -0.1) is 0 Å². The third kappa shape index (κ3) is 2.42. The molecule has 0 aromatic heterocycles. The van der Waals surface area contributed by atoms with Crippen molar-refractivity contribution >= 4 is 0 Å². The average molecular weight is 255 g/mol. The second-order valence-corrected chi connectivity index (χ2v) is 4.38. The van der Waals surface area contributed by atoms with Crippen LogP contribution in [0.5, 0.6) is 11.5 Å². The van der Waals surface area contributed by atoms with Crippen LogP contribution in [0.3, 0.4) is 0 Å². The van der Waals surface area contributed by atoms with Crippen molar-refractivity contribution in [3.8, 4) is 11.5 Å². The van der Waals surface area contributed by atoms with Crippen LogP contribution < -0.4 is 15.2 Å². The molecule has 2 rings (SSSR count). The Morgan fingerprint density at radius 1 is 1.33 bits per heavy atom. The summed E-state index contributed by atoms with van der Waals surface area (Å²) in [5, 5.41) is 0. The van der Waals surface area contributed by atoms with Crippen molar-refractivity contribution in [1.29, 1.82) is 0 Å². The van der Waals surface area contributed by atoms with E-state index in [4.69, 9.17) is 19.9 Å². The molecule has 2 atom stereocenters. The second kappa shape index (κ2) is 5.54. The van der Waals surface area contributed by atoms with Crippen LogP contribution in [0.2, 0.25) is 0 Å². The predicted molar refractivity (Wildman–Crippen MR) is 65.4 cm³/mol. The number of nitrogens with two attached hydrogens (primary N) is 1. The zero-order valence-corrected chi connectivity index (χ0v) is 10.6. The van der Waals surface area contributed by atoms with E-state index in [-0.39, 0.29) is 17.8 Å². The lowest BCUT2D eigenvalue weighted by molar-refractivity contribution is 0.180. The molecule has 0 saturated carbocycles. The van der Waals surface area contributed by atoms with Gasteiger partial charge < -0.3 is 19.9 Å². The maximum atomic E-state index is 14.0. The minimum absolute atomic E-state index is 0.151. The molecule has 0 bridgehead atoms. The topological polar surface area (TPSA) is 53.7 Å². The van der Waals surface area contributed by atoms with Crippen molar-refractivity contribution in [3.05, 3.63) is 23.5 Å². The molecule has 1 aromatic rings. The molecule has 0 aliphatic carbocycles. The fraction of sp³-hybridized carbons (Fsp3) is 0.538. The van der Waals surface area contributed by atoms with Crippen molar-refractivity contribution < 1.29 is 18.6 Å². The molecule has 5 heteroatoms. The van der Waals surface area contributed by atoms with Gasteiger partial charge >= 0.3 is 0 Å². The maximum Gasteiger partial charge on any atom is 0.163 e. The summed E-state index contributed by atoms with van der Waals surface area (Å²) in [7, 11) is 2.99. The Kier molecular flexibility index (Phi) is 4.04. The van der Waals surface area contributed by atoms with Crippen molar-refractivity contribution in [2.75, 3.05) is 27.4 Å². The Balaban J connectivity index is 2.31. The lowest BCUT2D eigenvalue weighted by atomic mass is 9.92. The minimum atomic E-state index is -0.382. The van der Waals surface area contributed by atoms with Crippen LogP contribution in [0.25, 0.3) is 0 Å². The molecule has 1 saturated heterocycles. The maximum absolute atomic E-state index is 14.0. The zero-order chi connectivity index (χ0) is 13.1. The zero-order valence-electron chi connectivity index (χ0n) is 10.6. The minimum Gasteiger partial charge on any atom is -0.493 e. The van der Waals surface area contributed by atoms with Gasteiger partial charge in [-0.3, -0.25) is 0 Å². The molecule has 2 N–H and O–H groups in total. The summed E-state index contributed by atoms with van der Waals surface area (Å²) in [6.07, 6.45) is 0.856. The highest BCUT2D eigenvalue weighted by molar-refractivity contribution is 5.44. The highest BCUT2D eigenvalue weighted by Crippen LogP contribution is 2.35. The molecular weight excluding hydrogens is 237 g/mol. The van der Waals surface area contributed by atoms with E-state index in [1.807, 2.05) is 0 Å². The van der Waals surface area contributed by atoms with Crippen LogP contribution in [-0.2, 0) is 4.74 Å². The van der Waals surface area contributed by atoms with Crippen molar-refractivity contribution in [3.63, 3.8) is 0 Å². The van der Waals surface area contributed by atoms with E-state index < -0.39 is 0 Å². The first-order valence-corrected chi connectivity index (χ1v) is 5.92. The molecule has 4 nitrogen and oxygen atoms in total. The van der Waals surface area contributed by atoms with Gasteiger partial charge in [0.25, 0.3) is 0 Å². The van der Waals surface area contributed by atoms with Gasteiger partial charge in [-0.2, -0.15) is 0 Å². The van der Waals surface area contributed by atoms with E-state index in [2.05, 4.69) is 0 Å². The van der Waals surface area contributed by atoms with Gasteiger partial charge in [-0.1, -0.05) is 0 Å². The lowest BCUT2D eigenvalue weighted by Crippen LogP contribution is -2.22. The number of benzene rings is 1. The van der Waals surface area contributed by atoms with E-state index in [1.165, 1.54) is 20.3 Å². The van der Waals surface area contributed by atoms with Crippen LogP contribution in [0.4, 0.5) is 4.39 Å². The predicted octanol–water partition coefficient (Wildman–Crippen LogP) is 1.88. The quantitative estimate of drug-likeness (QED) is 0.892. The molecule has 18 heavy (non-hydrogen) atoms. The lowest BCUT2D eigenvalue weighted by Gasteiger charge is -2.20. The Morgan fingerprint density at radius 3 is 2.56 bits per heavy atom. The summed E-state index contributed by atoms with van der Waals surface area (Å²) in [6, 6.07) is 2.54. The first kappa shape index (κ1) is 13.1. The molecule has 0 radical (unpaired) electrons. The number of halogens is 1. The van der Waals surface area contributed by atoms with Crippen LogP contribution in [0.1, 0.15) is 18.0 Å². The van der Waals surface area contributed by atoms with Gasteiger partial charge in [0.1, 0.15) is 5.82 Å². The number of rotatable bonds is 4. The molecule has 2 unspecified atom stereocenters. The molecule has 1 fully saturated rings. The largest absolute Gasteiger partial charge is 0.493 e. The summed E-state index contributed by atoms with van der Waals surface area (Å²) >= 11 is 0. The smallest absolute Gasteiger partial charge is 0.163 e. The summed E-state index contributed by atoms with van der Waals surface area (Å²) in [5.41, 5.74) is 6.55. The first-order valence-electron chi connectivity index (χ1n) is 5.92. The van der Waals surface area contributed by atoms with Gasteiger partial charge in [0.2, 0.25) is 0 Å². The number of methoxy groups -OCH3 is 2. The number of ether oxygens (including phenoxy) is 3. The second-order valence-electron chi connectivity index (χ2n) is 4.38. The normalized spacial score (nSPS) is 20.8. The van der Waals surface area contributed by atoms with E-state index in [0.717, 1.165) is 6.42 Å². The molecule has 1 aromatic carbocycles. The standard InChI is InChI=1S/C13H18FNO3/c1-16-11-5-9(10(14)6-12(11)17-2)13(15)8-3-4-18-7-8/h5-6,8,13H,3-4,7,15H2,1-2H3. The Hall–Kier alpha value is -1.33. The summed E-state index contributed by atoms with van der Waals surface area (Å²) in [6.45, 7) is 1.27. The third-order valence-corrected chi connectivity index (χ3v) is 3.33. The Bertz CT molecular complexity index is 419. The molecule has 1 aliphatic rings. The SMILES string of the molecule is COc1cc(F)c(C(N)C2CCOC2)cc1OC. The molecule has 0 amide bonds. The van der Waals surface area contributed by atoms with Crippen LogP contribution >= 0.6 is 0 Å². The van der Waals surface area contributed by atoms with Gasteiger partial charge in [0.15, 0.2) is 11.5 Å². The van der Waals surface area contributed by atoms with Crippen molar-refractivity contribution in [2.45, 2.75) is 12.5 Å². The summed E-state index contributed by atoms with van der Waals surface area (Å²) in [5.74, 6) is 0.640. The Morgan fingerprint density at radius 2 is 2.00 bits per heavy atom. The molecule has 0 spiro atoms. The van der Waals surface area contributed by atoms with E-state index >= 15 is 0 Å². The van der Waals surface area contributed by atoms with Crippen molar-refractivity contribution in [1.82, 2.24) is 0 Å². The highest BCUT2D eigenvalue weighted by atomic mass is 19.1. The van der Waals surface area contributed by atoms with E-state index in [1.54, 1.807) is 6.07 Å². The molecular formula is C13H18FNO3. The Labute approximate surface area is 106 Å². The van der Waals surface area contributed by atoms with Crippen molar-refractivity contribution in [2.24, 2.45) is 11.7 Å². The van der Waals surface area contributed by atoms with Gasteiger partial charge in [-0.05, 0) is 12.5 Å². The monoisotopic (exact) mass is 255 g/mol. The van der Waals surface area contributed by atoms with Gasteiger partial charge in [0.05, 0.1) is 20.8 Å². The average Bonchev–Trinajstić information content (AvgIpc) is 2.91. The fourth-order valence-corrected chi connectivity index (χ4v) is 2.22.